The first-order chi connectivity index (χ1) is 9.25. The molecule has 1 N–H and O–H groups in total. The standard InChI is InChI=1S/C16H14O3/c17-16(18)10-9-15-13-6-2-1-5-11(13)12-7-3-4-8-14(12)19-15/h1-8,15H,9-10H2,(H,17,18). The zero-order chi connectivity index (χ0) is 13.2. The Morgan fingerprint density at radius 1 is 1.05 bits per heavy atom. The third-order valence-electron chi connectivity index (χ3n) is 3.37. The van der Waals surface area contributed by atoms with Gasteiger partial charge in [0.05, 0.1) is 0 Å². The van der Waals surface area contributed by atoms with Crippen LogP contribution >= 0.6 is 0 Å². The fourth-order valence-electron chi connectivity index (χ4n) is 2.50. The van der Waals surface area contributed by atoms with Crippen LogP contribution in [0.15, 0.2) is 48.5 Å². The summed E-state index contributed by atoms with van der Waals surface area (Å²) in [6.07, 6.45) is 0.421. The molecule has 0 aliphatic carbocycles. The summed E-state index contributed by atoms with van der Waals surface area (Å²) in [5.41, 5.74) is 3.28. The van der Waals surface area contributed by atoms with Crippen LogP contribution in [0.25, 0.3) is 11.1 Å². The van der Waals surface area contributed by atoms with Crippen molar-refractivity contribution in [2.45, 2.75) is 18.9 Å². The lowest BCUT2D eigenvalue weighted by Gasteiger charge is -2.28. The molecule has 2 aromatic rings. The topological polar surface area (TPSA) is 46.5 Å². The van der Waals surface area contributed by atoms with E-state index in [1.165, 1.54) is 0 Å². The van der Waals surface area contributed by atoms with Crippen molar-refractivity contribution in [3.8, 4) is 16.9 Å². The van der Waals surface area contributed by atoms with Crippen molar-refractivity contribution < 1.29 is 14.6 Å². The smallest absolute Gasteiger partial charge is 0.303 e. The number of para-hydroxylation sites is 1. The second-order valence-electron chi connectivity index (χ2n) is 4.62. The summed E-state index contributed by atoms with van der Waals surface area (Å²) in [5, 5.41) is 8.83. The minimum Gasteiger partial charge on any atom is -0.485 e. The molecule has 0 amide bonds. The van der Waals surface area contributed by atoms with Crippen molar-refractivity contribution in [2.24, 2.45) is 0 Å². The number of hydrogen-bond acceptors (Lipinski definition) is 2. The summed E-state index contributed by atoms with van der Waals surface area (Å²) in [7, 11) is 0. The molecule has 0 radical (unpaired) electrons. The molecule has 0 bridgehead atoms. The molecule has 96 valence electrons. The van der Waals surface area contributed by atoms with Gasteiger partial charge in [0.25, 0.3) is 0 Å². The molecule has 1 unspecified atom stereocenters. The van der Waals surface area contributed by atoms with Crippen LogP contribution in [0, 0.1) is 0 Å². The zero-order valence-electron chi connectivity index (χ0n) is 10.4. The van der Waals surface area contributed by atoms with Crippen molar-refractivity contribution in [1.29, 1.82) is 0 Å². The van der Waals surface area contributed by atoms with E-state index < -0.39 is 5.97 Å². The number of benzene rings is 2. The lowest BCUT2D eigenvalue weighted by Crippen LogP contribution is -2.15. The van der Waals surface area contributed by atoms with Crippen LogP contribution in [0.1, 0.15) is 24.5 Å². The van der Waals surface area contributed by atoms with Gasteiger partial charge < -0.3 is 9.84 Å². The van der Waals surface area contributed by atoms with Crippen molar-refractivity contribution in [2.75, 3.05) is 0 Å². The third-order valence-corrected chi connectivity index (χ3v) is 3.37. The van der Waals surface area contributed by atoms with Crippen molar-refractivity contribution in [1.82, 2.24) is 0 Å². The number of aliphatic carboxylic acids is 1. The first kappa shape index (κ1) is 11.8. The minimum atomic E-state index is -0.792. The second-order valence-corrected chi connectivity index (χ2v) is 4.62. The van der Waals surface area contributed by atoms with E-state index in [1.807, 2.05) is 42.5 Å². The highest BCUT2D eigenvalue weighted by Gasteiger charge is 2.25. The molecule has 3 heteroatoms. The molecular formula is C16H14O3. The lowest BCUT2D eigenvalue weighted by atomic mass is 9.91. The van der Waals surface area contributed by atoms with E-state index in [-0.39, 0.29) is 12.5 Å². The number of ether oxygens (including phenoxy) is 1. The molecule has 1 aliphatic rings. The van der Waals surface area contributed by atoms with E-state index in [2.05, 4.69) is 6.07 Å². The summed E-state index contributed by atoms with van der Waals surface area (Å²) >= 11 is 0. The molecule has 3 rings (SSSR count). The van der Waals surface area contributed by atoms with Gasteiger partial charge >= 0.3 is 5.97 Å². The summed E-state index contributed by atoms with van der Waals surface area (Å²) in [6, 6.07) is 15.9. The summed E-state index contributed by atoms with van der Waals surface area (Å²) in [4.78, 5) is 10.7. The van der Waals surface area contributed by atoms with Crippen LogP contribution in [0.2, 0.25) is 0 Å². The highest BCUT2D eigenvalue weighted by Crippen LogP contribution is 2.43. The van der Waals surface area contributed by atoms with E-state index in [0.717, 1.165) is 22.4 Å². The Labute approximate surface area is 111 Å². The predicted octanol–water partition coefficient (Wildman–Crippen LogP) is 3.65. The minimum absolute atomic E-state index is 0.112. The van der Waals surface area contributed by atoms with Crippen LogP contribution in [-0.4, -0.2) is 11.1 Å². The van der Waals surface area contributed by atoms with Crippen molar-refractivity contribution in [3.63, 3.8) is 0 Å². The Balaban J connectivity index is 2.01. The van der Waals surface area contributed by atoms with Gasteiger partial charge in [-0.1, -0.05) is 42.5 Å². The fourth-order valence-corrected chi connectivity index (χ4v) is 2.50. The highest BCUT2D eigenvalue weighted by atomic mass is 16.5. The van der Waals surface area contributed by atoms with Gasteiger partial charge in [-0.05, 0) is 18.1 Å². The van der Waals surface area contributed by atoms with Crippen LogP contribution in [0.3, 0.4) is 0 Å². The monoisotopic (exact) mass is 254 g/mol. The van der Waals surface area contributed by atoms with Gasteiger partial charge in [-0.3, -0.25) is 4.79 Å². The molecule has 0 fully saturated rings. The quantitative estimate of drug-likeness (QED) is 0.909. The number of carboxylic acids is 1. The Hall–Kier alpha value is -2.29. The van der Waals surface area contributed by atoms with Crippen LogP contribution in [0.4, 0.5) is 0 Å². The zero-order valence-corrected chi connectivity index (χ0v) is 10.4. The number of carboxylic acid groups (broad SMARTS) is 1. The molecule has 0 aromatic heterocycles. The first-order valence-electron chi connectivity index (χ1n) is 6.32. The largest absolute Gasteiger partial charge is 0.485 e. The van der Waals surface area contributed by atoms with Crippen molar-refractivity contribution >= 4 is 5.97 Å². The maximum absolute atomic E-state index is 10.7. The van der Waals surface area contributed by atoms with Gasteiger partial charge in [-0.15, -0.1) is 0 Å². The Morgan fingerprint density at radius 3 is 2.53 bits per heavy atom. The van der Waals surface area contributed by atoms with Gasteiger partial charge in [0.1, 0.15) is 11.9 Å². The van der Waals surface area contributed by atoms with Gasteiger partial charge in [0, 0.05) is 17.5 Å². The molecule has 0 saturated carbocycles. The summed E-state index contributed by atoms with van der Waals surface area (Å²) < 4.78 is 5.95. The third kappa shape index (κ3) is 2.19. The van der Waals surface area contributed by atoms with Crippen LogP contribution in [-0.2, 0) is 4.79 Å². The first-order valence-corrected chi connectivity index (χ1v) is 6.32. The second kappa shape index (κ2) is 4.76. The Bertz CT molecular complexity index is 619. The molecule has 1 aliphatic heterocycles. The van der Waals surface area contributed by atoms with E-state index in [0.29, 0.717) is 6.42 Å². The molecule has 0 spiro atoms. The predicted molar refractivity (Wildman–Crippen MR) is 72.1 cm³/mol. The molecule has 1 heterocycles. The van der Waals surface area contributed by atoms with Gasteiger partial charge in [-0.2, -0.15) is 0 Å². The molecule has 2 aromatic carbocycles. The molecular weight excluding hydrogens is 240 g/mol. The number of rotatable bonds is 3. The molecule has 0 saturated heterocycles. The molecule has 19 heavy (non-hydrogen) atoms. The number of hydrogen-bond donors (Lipinski definition) is 1. The van der Waals surface area contributed by atoms with E-state index >= 15 is 0 Å². The SMILES string of the molecule is O=C(O)CCC1Oc2ccccc2-c2ccccc21. The number of carbonyl (C=O) groups is 1. The van der Waals surface area contributed by atoms with Gasteiger partial charge in [-0.25, -0.2) is 0 Å². The van der Waals surface area contributed by atoms with Gasteiger partial charge in [0.2, 0.25) is 0 Å². The molecule has 3 nitrogen and oxygen atoms in total. The maximum atomic E-state index is 10.7. The van der Waals surface area contributed by atoms with Crippen LogP contribution < -0.4 is 4.74 Å². The van der Waals surface area contributed by atoms with Crippen molar-refractivity contribution in [3.05, 3.63) is 54.1 Å². The van der Waals surface area contributed by atoms with E-state index in [1.54, 1.807) is 0 Å². The van der Waals surface area contributed by atoms with Crippen LogP contribution in [0.5, 0.6) is 5.75 Å². The van der Waals surface area contributed by atoms with Gasteiger partial charge in [0.15, 0.2) is 0 Å². The average Bonchev–Trinajstić information content (AvgIpc) is 2.44. The summed E-state index contributed by atoms with van der Waals surface area (Å²) in [5.74, 6) is 0.0385. The van der Waals surface area contributed by atoms with E-state index in [4.69, 9.17) is 9.84 Å². The summed E-state index contributed by atoms with van der Waals surface area (Å²) in [6.45, 7) is 0. The van der Waals surface area contributed by atoms with E-state index in [9.17, 15) is 4.79 Å². The normalized spacial score (nSPS) is 16.1. The maximum Gasteiger partial charge on any atom is 0.303 e. The Kier molecular flexibility index (Phi) is 2.95. The number of fused-ring (bicyclic) bond motifs is 3. The average molecular weight is 254 g/mol. The highest BCUT2D eigenvalue weighted by molar-refractivity contribution is 5.75. The lowest BCUT2D eigenvalue weighted by molar-refractivity contribution is -0.137. The molecule has 1 atom stereocenters. The fraction of sp³-hybridized carbons (Fsp3) is 0.188. The Morgan fingerprint density at radius 2 is 1.74 bits per heavy atom.